The first-order valence-corrected chi connectivity index (χ1v) is 5.94. The summed E-state index contributed by atoms with van der Waals surface area (Å²) in [5, 5.41) is 3.31. The molecule has 2 unspecified atom stereocenters. The summed E-state index contributed by atoms with van der Waals surface area (Å²) in [4.78, 5) is 2.49. The Bertz CT molecular complexity index is 182. The first kappa shape index (κ1) is 12.7. The summed E-state index contributed by atoms with van der Waals surface area (Å²) in [5.41, 5.74) is 0. The van der Waals surface area contributed by atoms with Gasteiger partial charge in [0.1, 0.15) is 0 Å². The van der Waals surface area contributed by atoms with Gasteiger partial charge in [-0.1, -0.05) is 13.0 Å². The first-order valence-electron chi connectivity index (χ1n) is 5.94. The molecule has 2 atom stereocenters. The molecular weight excluding hydrogens is 188 g/mol. The Morgan fingerprint density at radius 3 is 3.07 bits per heavy atom. The number of nitrogens with one attached hydrogen (secondary N) is 1. The van der Waals surface area contributed by atoms with Crippen LogP contribution in [0.25, 0.3) is 0 Å². The normalized spacial score (nSPS) is 25.1. The van der Waals surface area contributed by atoms with E-state index in [0.29, 0.717) is 12.1 Å². The summed E-state index contributed by atoms with van der Waals surface area (Å²) in [5.74, 6) is 0. The van der Waals surface area contributed by atoms with E-state index in [9.17, 15) is 0 Å². The Balaban J connectivity index is 2.42. The van der Waals surface area contributed by atoms with Crippen LogP contribution in [-0.4, -0.2) is 50.3 Å². The largest absolute Gasteiger partial charge is 0.374 e. The standard InChI is InChI=1S/C12H24N2O/c1-4-6-11(13-3)12-10-14(7-5-2)8-9-15-12/h4,11-13H,1,5-10H2,2-3H3. The van der Waals surface area contributed by atoms with Gasteiger partial charge in [0, 0.05) is 19.1 Å². The van der Waals surface area contributed by atoms with Crippen LogP contribution < -0.4 is 5.32 Å². The van der Waals surface area contributed by atoms with E-state index in [4.69, 9.17) is 4.74 Å². The number of hydrogen-bond acceptors (Lipinski definition) is 3. The van der Waals surface area contributed by atoms with Crippen LogP contribution in [0.3, 0.4) is 0 Å². The smallest absolute Gasteiger partial charge is 0.0858 e. The van der Waals surface area contributed by atoms with E-state index in [1.165, 1.54) is 13.0 Å². The predicted octanol–water partition coefficient (Wildman–Crippen LogP) is 1.26. The summed E-state index contributed by atoms with van der Waals surface area (Å²) >= 11 is 0. The fourth-order valence-corrected chi connectivity index (χ4v) is 2.13. The molecule has 3 heteroatoms. The average molecular weight is 212 g/mol. The van der Waals surface area contributed by atoms with Gasteiger partial charge >= 0.3 is 0 Å². The minimum absolute atomic E-state index is 0.313. The lowest BCUT2D eigenvalue weighted by atomic mass is 10.1. The zero-order chi connectivity index (χ0) is 11.1. The lowest BCUT2D eigenvalue weighted by Crippen LogP contribution is -2.51. The zero-order valence-corrected chi connectivity index (χ0v) is 10.0. The molecule has 1 N–H and O–H groups in total. The van der Waals surface area contributed by atoms with Crippen molar-refractivity contribution in [3.05, 3.63) is 12.7 Å². The SMILES string of the molecule is C=CCC(NC)C1CN(CCC)CCO1. The minimum atomic E-state index is 0.313. The van der Waals surface area contributed by atoms with Gasteiger partial charge in [0.05, 0.1) is 12.7 Å². The Labute approximate surface area is 93.5 Å². The number of morpholine rings is 1. The fraction of sp³-hybridized carbons (Fsp3) is 0.833. The summed E-state index contributed by atoms with van der Waals surface area (Å²) in [7, 11) is 2.00. The molecule has 0 amide bonds. The predicted molar refractivity (Wildman–Crippen MR) is 64.1 cm³/mol. The monoisotopic (exact) mass is 212 g/mol. The molecule has 0 saturated carbocycles. The lowest BCUT2D eigenvalue weighted by Gasteiger charge is -2.36. The van der Waals surface area contributed by atoms with E-state index in [1.54, 1.807) is 0 Å². The van der Waals surface area contributed by atoms with Crippen LogP contribution >= 0.6 is 0 Å². The van der Waals surface area contributed by atoms with Gasteiger partial charge in [0.25, 0.3) is 0 Å². The van der Waals surface area contributed by atoms with Crippen molar-refractivity contribution in [2.24, 2.45) is 0 Å². The summed E-state index contributed by atoms with van der Waals surface area (Å²) in [6.07, 6.45) is 4.47. The molecule has 3 nitrogen and oxygen atoms in total. The van der Waals surface area contributed by atoms with Crippen molar-refractivity contribution in [2.45, 2.75) is 31.9 Å². The Hall–Kier alpha value is -0.380. The van der Waals surface area contributed by atoms with Crippen LogP contribution in [0.2, 0.25) is 0 Å². The van der Waals surface area contributed by atoms with E-state index in [0.717, 1.165) is 26.1 Å². The average Bonchev–Trinajstić information content (AvgIpc) is 2.27. The molecule has 88 valence electrons. The molecule has 0 spiro atoms. The zero-order valence-electron chi connectivity index (χ0n) is 10.0. The molecule has 15 heavy (non-hydrogen) atoms. The van der Waals surface area contributed by atoms with Crippen LogP contribution in [-0.2, 0) is 4.74 Å². The van der Waals surface area contributed by atoms with Crippen molar-refractivity contribution in [2.75, 3.05) is 33.3 Å². The van der Waals surface area contributed by atoms with E-state index in [-0.39, 0.29) is 0 Å². The first-order chi connectivity index (χ1) is 7.31. The lowest BCUT2D eigenvalue weighted by molar-refractivity contribution is -0.0446. The number of hydrogen-bond donors (Lipinski definition) is 1. The molecule has 1 saturated heterocycles. The molecule has 1 fully saturated rings. The molecule has 1 aliphatic heterocycles. The summed E-state index contributed by atoms with van der Waals surface area (Å²) in [6, 6.07) is 0.405. The molecule has 0 aromatic heterocycles. The number of nitrogens with zero attached hydrogens (tertiary/aromatic N) is 1. The highest BCUT2D eigenvalue weighted by atomic mass is 16.5. The van der Waals surface area contributed by atoms with Crippen LogP contribution in [0, 0.1) is 0 Å². The van der Waals surface area contributed by atoms with Crippen molar-refractivity contribution in [3.8, 4) is 0 Å². The van der Waals surface area contributed by atoms with Crippen molar-refractivity contribution < 1.29 is 4.74 Å². The van der Waals surface area contributed by atoms with Crippen molar-refractivity contribution in [3.63, 3.8) is 0 Å². The molecule has 0 aromatic carbocycles. The van der Waals surface area contributed by atoms with E-state index >= 15 is 0 Å². The molecular formula is C12H24N2O. The van der Waals surface area contributed by atoms with Crippen LogP contribution in [0.4, 0.5) is 0 Å². The number of ether oxygens (including phenoxy) is 1. The Morgan fingerprint density at radius 2 is 2.47 bits per heavy atom. The van der Waals surface area contributed by atoms with Gasteiger partial charge in [0.2, 0.25) is 0 Å². The van der Waals surface area contributed by atoms with Gasteiger partial charge in [-0.3, -0.25) is 4.90 Å². The highest BCUT2D eigenvalue weighted by molar-refractivity contribution is 4.87. The van der Waals surface area contributed by atoms with E-state index in [2.05, 4.69) is 23.7 Å². The second-order valence-corrected chi connectivity index (χ2v) is 4.13. The van der Waals surface area contributed by atoms with Crippen molar-refractivity contribution in [1.82, 2.24) is 10.2 Å². The summed E-state index contributed by atoms with van der Waals surface area (Å²) < 4.78 is 5.81. The third kappa shape index (κ3) is 3.93. The molecule has 0 radical (unpaired) electrons. The van der Waals surface area contributed by atoms with E-state index in [1.807, 2.05) is 13.1 Å². The van der Waals surface area contributed by atoms with Crippen molar-refractivity contribution >= 4 is 0 Å². The van der Waals surface area contributed by atoms with Gasteiger partial charge in [0.15, 0.2) is 0 Å². The minimum Gasteiger partial charge on any atom is -0.374 e. The highest BCUT2D eigenvalue weighted by Crippen LogP contribution is 2.11. The van der Waals surface area contributed by atoms with Crippen LogP contribution in [0.5, 0.6) is 0 Å². The topological polar surface area (TPSA) is 24.5 Å². The Kier molecular flexibility index (Phi) is 5.91. The second-order valence-electron chi connectivity index (χ2n) is 4.13. The maximum atomic E-state index is 5.81. The third-order valence-electron chi connectivity index (χ3n) is 2.96. The molecule has 0 aliphatic carbocycles. The van der Waals surface area contributed by atoms with Gasteiger partial charge < -0.3 is 10.1 Å². The summed E-state index contributed by atoms with van der Waals surface area (Å²) in [6.45, 7) is 10.2. The highest BCUT2D eigenvalue weighted by Gasteiger charge is 2.25. The van der Waals surface area contributed by atoms with Gasteiger partial charge in [-0.25, -0.2) is 0 Å². The number of likely N-dealkylation sites (N-methyl/N-ethyl adjacent to an activating group) is 1. The molecule has 0 bridgehead atoms. The molecule has 1 aliphatic rings. The molecule has 1 rings (SSSR count). The molecule has 1 heterocycles. The second kappa shape index (κ2) is 6.99. The number of rotatable bonds is 6. The van der Waals surface area contributed by atoms with Gasteiger partial charge in [-0.05, 0) is 26.4 Å². The van der Waals surface area contributed by atoms with Crippen molar-refractivity contribution in [1.29, 1.82) is 0 Å². The molecule has 0 aromatic rings. The fourth-order valence-electron chi connectivity index (χ4n) is 2.13. The van der Waals surface area contributed by atoms with Gasteiger partial charge in [-0.15, -0.1) is 6.58 Å². The van der Waals surface area contributed by atoms with E-state index < -0.39 is 0 Å². The maximum absolute atomic E-state index is 5.81. The Morgan fingerprint density at radius 1 is 1.67 bits per heavy atom. The quantitative estimate of drug-likeness (QED) is 0.671. The van der Waals surface area contributed by atoms with Crippen LogP contribution in [0.1, 0.15) is 19.8 Å². The van der Waals surface area contributed by atoms with Gasteiger partial charge in [-0.2, -0.15) is 0 Å². The maximum Gasteiger partial charge on any atom is 0.0858 e. The third-order valence-corrected chi connectivity index (χ3v) is 2.96. The van der Waals surface area contributed by atoms with Crippen LogP contribution in [0.15, 0.2) is 12.7 Å².